The molecule has 1 N–H and O–H groups in total. The molecule has 3 aromatic rings. The summed E-state index contributed by atoms with van der Waals surface area (Å²) in [6.45, 7) is 3.22. The maximum Gasteiger partial charge on any atom is 0.251 e. The van der Waals surface area contributed by atoms with E-state index >= 15 is 0 Å². The lowest BCUT2D eigenvalue weighted by molar-refractivity contribution is 0.0919. The van der Waals surface area contributed by atoms with E-state index in [-0.39, 0.29) is 24.4 Å². The van der Waals surface area contributed by atoms with Gasteiger partial charge in [0.15, 0.2) is 0 Å². The van der Waals surface area contributed by atoms with Gasteiger partial charge in [0.05, 0.1) is 11.6 Å². The predicted molar refractivity (Wildman–Crippen MR) is 139 cm³/mol. The number of carbonyl (C=O) groups excluding carboxylic acids is 1. The third kappa shape index (κ3) is 5.60. The van der Waals surface area contributed by atoms with Crippen molar-refractivity contribution in [2.24, 2.45) is 5.92 Å². The molecule has 1 amide bonds. The zero-order valence-corrected chi connectivity index (χ0v) is 20.3. The number of hydrogen-bond donors (Lipinski definition) is 1. The normalized spacial score (nSPS) is 20.1. The van der Waals surface area contributed by atoms with E-state index in [9.17, 15) is 4.79 Å². The highest BCUT2D eigenvalue weighted by molar-refractivity contribution is 5.98. The van der Waals surface area contributed by atoms with Crippen LogP contribution in [0.15, 0.2) is 60.7 Å². The summed E-state index contributed by atoms with van der Waals surface area (Å²) in [5, 5.41) is 14.6. The summed E-state index contributed by atoms with van der Waals surface area (Å²) in [6, 6.07) is 22.8. The van der Waals surface area contributed by atoms with Gasteiger partial charge in [0, 0.05) is 24.7 Å². The molecule has 0 radical (unpaired) electrons. The Morgan fingerprint density at radius 1 is 0.971 bits per heavy atom. The van der Waals surface area contributed by atoms with E-state index < -0.39 is 0 Å². The van der Waals surface area contributed by atoms with Crippen molar-refractivity contribution in [1.82, 2.24) is 10.2 Å². The SMILES string of the molecule is Cl.N#Cc1ccc2c(c1)CCN(CCC1CCC(NC(=O)c3ccc4ccccc4c3)CC1)C2. The third-order valence-electron chi connectivity index (χ3n) is 7.47. The highest BCUT2D eigenvalue weighted by atomic mass is 35.5. The average molecular weight is 474 g/mol. The molecule has 0 aromatic heterocycles. The van der Waals surface area contributed by atoms with Crippen molar-refractivity contribution in [3.05, 3.63) is 82.9 Å². The van der Waals surface area contributed by atoms with E-state index in [1.54, 1.807) is 0 Å². The number of halogens is 1. The lowest BCUT2D eigenvalue weighted by Crippen LogP contribution is -2.38. The van der Waals surface area contributed by atoms with E-state index in [4.69, 9.17) is 5.26 Å². The molecule has 176 valence electrons. The Labute approximate surface area is 208 Å². The molecular weight excluding hydrogens is 442 g/mol. The first kappa shape index (κ1) is 24.3. The molecule has 1 aliphatic heterocycles. The van der Waals surface area contributed by atoms with Gasteiger partial charge in [-0.15, -0.1) is 12.4 Å². The second kappa shape index (κ2) is 11.0. The molecule has 0 atom stereocenters. The third-order valence-corrected chi connectivity index (χ3v) is 7.47. The number of nitriles is 1. The smallest absolute Gasteiger partial charge is 0.251 e. The maximum absolute atomic E-state index is 12.8. The monoisotopic (exact) mass is 473 g/mol. The van der Waals surface area contributed by atoms with E-state index in [1.807, 2.05) is 36.4 Å². The molecule has 5 heteroatoms. The largest absolute Gasteiger partial charge is 0.349 e. The van der Waals surface area contributed by atoms with Gasteiger partial charge >= 0.3 is 0 Å². The number of carbonyl (C=O) groups is 1. The van der Waals surface area contributed by atoms with Crippen LogP contribution in [-0.2, 0) is 13.0 Å². The van der Waals surface area contributed by atoms with Crippen LogP contribution in [0, 0.1) is 17.2 Å². The molecule has 1 aliphatic carbocycles. The van der Waals surface area contributed by atoms with Crippen LogP contribution in [0.1, 0.15) is 59.2 Å². The second-order valence-corrected chi connectivity index (χ2v) is 9.66. The van der Waals surface area contributed by atoms with Gasteiger partial charge in [-0.05, 0) is 97.2 Å². The lowest BCUT2D eigenvalue weighted by Gasteiger charge is -2.33. The van der Waals surface area contributed by atoms with Crippen LogP contribution in [0.4, 0.5) is 0 Å². The number of rotatable bonds is 5. The quantitative estimate of drug-likeness (QED) is 0.504. The second-order valence-electron chi connectivity index (χ2n) is 9.66. The number of fused-ring (bicyclic) bond motifs is 2. The van der Waals surface area contributed by atoms with Crippen LogP contribution < -0.4 is 5.32 Å². The van der Waals surface area contributed by atoms with Crippen molar-refractivity contribution in [1.29, 1.82) is 5.26 Å². The number of nitrogens with zero attached hydrogens (tertiary/aromatic N) is 2. The van der Waals surface area contributed by atoms with Gasteiger partial charge in [0.1, 0.15) is 0 Å². The van der Waals surface area contributed by atoms with Crippen LogP contribution in [0.25, 0.3) is 10.8 Å². The minimum absolute atomic E-state index is 0. The fourth-order valence-electron chi connectivity index (χ4n) is 5.43. The molecule has 1 heterocycles. The number of hydrogen-bond acceptors (Lipinski definition) is 3. The molecule has 0 unspecified atom stereocenters. The molecular formula is C29H32ClN3O. The highest BCUT2D eigenvalue weighted by Crippen LogP contribution is 2.28. The summed E-state index contributed by atoms with van der Waals surface area (Å²) in [4.78, 5) is 15.3. The molecule has 0 spiro atoms. The zero-order valence-electron chi connectivity index (χ0n) is 19.5. The molecule has 1 fully saturated rings. The highest BCUT2D eigenvalue weighted by Gasteiger charge is 2.24. The molecule has 1 saturated carbocycles. The van der Waals surface area contributed by atoms with Crippen molar-refractivity contribution in [3.8, 4) is 6.07 Å². The predicted octanol–water partition coefficient (Wildman–Crippen LogP) is 5.87. The average Bonchev–Trinajstić information content (AvgIpc) is 2.87. The van der Waals surface area contributed by atoms with Gasteiger partial charge < -0.3 is 5.32 Å². The summed E-state index contributed by atoms with van der Waals surface area (Å²) in [6.07, 6.45) is 6.81. The fourth-order valence-corrected chi connectivity index (χ4v) is 5.43. The molecule has 0 bridgehead atoms. The number of amides is 1. The van der Waals surface area contributed by atoms with Crippen molar-refractivity contribution in [2.45, 2.75) is 51.1 Å². The summed E-state index contributed by atoms with van der Waals surface area (Å²) in [5.74, 6) is 0.803. The molecule has 2 aliphatic rings. The van der Waals surface area contributed by atoms with Gasteiger partial charge in [-0.3, -0.25) is 9.69 Å². The van der Waals surface area contributed by atoms with Gasteiger partial charge in [0.25, 0.3) is 5.91 Å². The maximum atomic E-state index is 12.8. The Morgan fingerprint density at radius 3 is 2.56 bits per heavy atom. The van der Waals surface area contributed by atoms with Crippen molar-refractivity contribution < 1.29 is 4.79 Å². The van der Waals surface area contributed by atoms with Crippen LogP contribution in [-0.4, -0.2) is 29.9 Å². The van der Waals surface area contributed by atoms with E-state index in [2.05, 4.69) is 40.6 Å². The molecule has 0 saturated heterocycles. The molecule has 5 rings (SSSR count). The van der Waals surface area contributed by atoms with Crippen LogP contribution in [0.5, 0.6) is 0 Å². The summed E-state index contributed by atoms with van der Waals surface area (Å²) in [7, 11) is 0. The van der Waals surface area contributed by atoms with E-state index in [1.165, 1.54) is 35.8 Å². The molecule has 4 nitrogen and oxygen atoms in total. The molecule has 3 aromatic carbocycles. The van der Waals surface area contributed by atoms with Gasteiger partial charge in [-0.1, -0.05) is 36.4 Å². The minimum atomic E-state index is 0. The summed E-state index contributed by atoms with van der Waals surface area (Å²) >= 11 is 0. The Balaban J connectivity index is 0.00000274. The number of nitrogens with one attached hydrogen (secondary N) is 1. The van der Waals surface area contributed by atoms with Crippen molar-refractivity contribution in [2.75, 3.05) is 13.1 Å². The Morgan fingerprint density at radius 2 is 1.76 bits per heavy atom. The first-order chi connectivity index (χ1) is 16.2. The molecule has 34 heavy (non-hydrogen) atoms. The van der Waals surface area contributed by atoms with Crippen LogP contribution in [0.2, 0.25) is 0 Å². The Kier molecular flexibility index (Phi) is 7.88. The van der Waals surface area contributed by atoms with Crippen LogP contribution in [0.3, 0.4) is 0 Å². The van der Waals surface area contributed by atoms with E-state index in [0.29, 0.717) is 0 Å². The van der Waals surface area contributed by atoms with E-state index in [0.717, 1.165) is 61.3 Å². The Hall–Kier alpha value is -2.87. The zero-order chi connectivity index (χ0) is 22.6. The fraction of sp³-hybridized carbons (Fsp3) is 0.379. The Bertz CT molecular complexity index is 1190. The van der Waals surface area contributed by atoms with Crippen LogP contribution >= 0.6 is 12.4 Å². The van der Waals surface area contributed by atoms with Crippen molar-refractivity contribution >= 4 is 29.1 Å². The lowest BCUT2D eigenvalue weighted by atomic mass is 9.83. The van der Waals surface area contributed by atoms with Gasteiger partial charge in [0.2, 0.25) is 0 Å². The first-order valence-electron chi connectivity index (χ1n) is 12.2. The van der Waals surface area contributed by atoms with Gasteiger partial charge in [-0.2, -0.15) is 5.26 Å². The van der Waals surface area contributed by atoms with Gasteiger partial charge in [-0.25, -0.2) is 0 Å². The van der Waals surface area contributed by atoms with Crippen molar-refractivity contribution in [3.63, 3.8) is 0 Å². The standard InChI is InChI=1S/C29H31N3O.ClH/c30-19-22-5-8-27-20-32(16-14-25(27)17-22)15-13-21-6-11-28(12-7-21)31-29(33)26-10-9-23-3-1-2-4-24(23)18-26;/h1-5,8-10,17-18,21,28H,6-7,11-16,20H2,(H,31,33);1H. The minimum Gasteiger partial charge on any atom is -0.349 e. The number of benzene rings is 3. The topological polar surface area (TPSA) is 56.1 Å². The summed E-state index contributed by atoms with van der Waals surface area (Å²) in [5.41, 5.74) is 4.24. The summed E-state index contributed by atoms with van der Waals surface area (Å²) < 4.78 is 0. The first-order valence-corrected chi connectivity index (χ1v) is 12.2.